The Labute approximate surface area is 69.9 Å². The predicted octanol–water partition coefficient (Wildman–Crippen LogP) is -1.33. The molecule has 3 atom stereocenters. The Bertz CT molecular complexity index is 169. The van der Waals surface area contributed by atoms with Gasteiger partial charge in [0.25, 0.3) is 0 Å². The van der Waals surface area contributed by atoms with Gasteiger partial charge < -0.3 is 19.7 Å². The first-order valence-corrected chi connectivity index (χ1v) is 3.70. The van der Waals surface area contributed by atoms with Gasteiger partial charge in [-0.3, -0.25) is 4.79 Å². The maximum Gasteiger partial charge on any atom is 0.192 e. The van der Waals surface area contributed by atoms with Crippen molar-refractivity contribution in [2.45, 2.75) is 24.9 Å². The summed E-state index contributed by atoms with van der Waals surface area (Å²) in [5, 5.41) is 17.8. The number of methoxy groups -OCH3 is 1. The van der Waals surface area contributed by atoms with Crippen molar-refractivity contribution in [2.24, 2.45) is 0 Å². The van der Waals surface area contributed by atoms with E-state index in [0.717, 1.165) is 0 Å². The number of aliphatic hydroxyl groups is 2. The summed E-state index contributed by atoms with van der Waals surface area (Å²) < 4.78 is 9.78. The highest BCUT2D eigenvalue weighted by molar-refractivity contribution is 5.87. The Kier molecular flexibility index (Phi) is 3.16. The van der Waals surface area contributed by atoms with Gasteiger partial charge in [0.15, 0.2) is 12.1 Å². The minimum absolute atomic E-state index is 0.131. The molecule has 1 aliphatic heterocycles. The molecule has 5 heteroatoms. The monoisotopic (exact) mass is 176 g/mol. The van der Waals surface area contributed by atoms with Gasteiger partial charge in [0.1, 0.15) is 12.2 Å². The lowest BCUT2D eigenvalue weighted by atomic mass is 10.0. The van der Waals surface area contributed by atoms with Gasteiger partial charge in [-0.2, -0.15) is 0 Å². The second-order valence-electron chi connectivity index (χ2n) is 2.63. The molecule has 2 unspecified atom stereocenters. The summed E-state index contributed by atoms with van der Waals surface area (Å²) in [5.74, 6) is -0.481. The van der Waals surface area contributed by atoms with Crippen LogP contribution in [-0.4, -0.2) is 48.2 Å². The predicted molar refractivity (Wildman–Crippen MR) is 38.4 cm³/mol. The molecule has 1 saturated heterocycles. The smallest absolute Gasteiger partial charge is 0.192 e. The topological polar surface area (TPSA) is 76.0 Å². The van der Waals surface area contributed by atoms with Crippen LogP contribution in [0.15, 0.2) is 0 Å². The van der Waals surface area contributed by atoms with Gasteiger partial charge in [-0.15, -0.1) is 0 Å². The number of hydrogen-bond acceptors (Lipinski definition) is 5. The fraction of sp³-hybridized carbons (Fsp3) is 0.857. The van der Waals surface area contributed by atoms with Crippen molar-refractivity contribution in [3.05, 3.63) is 0 Å². The highest BCUT2D eigenvalue weighted by Crippen LogP contribution is 2.16. The van der Waals surface area contributed by atoms with Crippen LogP contribution in [0.3, 0.4) is 0 Å². The van der Waals surface area contributed by atoms with E-state index in [1.165, 1.54) is 7.11 Å². The van der Waals surface area contributed by atoms with Gasteiger partial charge in [0, 0.05) is 13.5 Å². The van der Waals surface area contributed by atoms with Gasteiger partial charge >= 0.3 is 0 Å². The Hall–Kier alpha value is -0.490. The second-order valence-corrected chi connectivity index (χ2v) is 2.63. The average Bonchev–Trinajstić information content (AvgIpc) is 2.09. The third-order valence-corrected chi connectivity index (χ3v) is 1.81. The van der Waals surface area contributed by atoms with E-state index in [4.69, 9.17) is 19.7 Å². The Morgan fingerprint density at radius 1 is 1.75 bits per heavy atom. The maximum absolute atomic E-state index is 11.0. The number of carbonyl (C=O) groups is 1. The lowest BCUT2D eigenvalue weighted by Gasteiger charge is -2.29. The van der Waals surface area contributed by atoms with Crippen molar-refractivity contribution >= 4 is 5.78 Å². The van der Waals surface area contributed by atoms with E-state index in [2.05, 4.69) is 0 Å². The van der Waals surface area contributed by atoms with E-state index >= 15 is 0 Å². The van der Waals surface area contributed by atoms with Crippen LogP contribution in [0.4, 0.5) is 0 Å². The second kappa shape index (κ2) is 3.95. The van der Waals surface area contributed by atoms with Crippen molar-refractivity contribution in [3.8, 4) is 0 Å². The summed E-state index contributed by atoms with van der Waals surface area (Å²) in [4.78, 5) is 11.0. The number of carbonyl (C=O) groups excluding carboxylic acids is 1. The minimum atomic E-state index is -1.08. The van der Waals surface area contributed by atoms with Crippen LogP contribution in [0.1, 0.15) is 6.42 Å². The molecule has 0 aromatic heterocycles. The largest absolute Gasteiger partial charge is 0.393 e. The van der Waals surface area contributed by atoms with E-state index in [9.17, 15) is 4.79 Å². The van der Waals surface area contributed by atoms with Crippen molar-refractivity contribution < 1.29 is 24.5 Å². The molecule has 1 fully saturated rings. The molecule has 5 nitrogen and oxygen atoms in total. The first-order chi connectivity index (χ1) is 5.69. The number of hydrogen-bond donors (Lipinski definition) is 2. The van der Waals surface area contributed by atoms with E-state index in [1.54, 1.807) is 0 Å². The molecule has 0 amide bonds. The molecule has 70 valence electrons. The molecule has 1 heterocycles. The quantitative estimate of drug-likeness (QED) is 0.545. The van der Waals surface area contributed by atoms with Gasteiger partial charge in [-0.1, -0.05) is 0 Å². The normalized spacial score (nSPS) is 36.9. The first kappa shape index (κ1) is 9.60. The lowest BCUT2D eigenvalue weighted by Crippen LogP contribution is -2.47. The summed E-state index contributed by atoms with van der Waals surface area (Å²) >= 11 is 0. The summed E-state index contributed by atoms with van der Waals surface area (Å²) in [6.45, 7) is -0.421. The van der Waals surface area contributed by atoms with Crippen LogP contribution < -0.4 is 0 Å². The van der Waals surface area contributed by atoms with E-state index < -0.39 is 30.9 Å². The van der Waals surface area contributed by atoms with Crippen LogP contribution >= 0.6 is 0 Å². The standard InChI is InChI=1S/C7H12O5/c1-11-6-2-4(9)7(10)5(3-8)12-6/h4-6,8-9H,2-3H2,1H3/t4?,5?,6-/m0/s1. The van der Waals surface area contributed by atoms with Crippen molar-refractivity contribution in [1.29, 1.82) is 0 Å². The number of rotatable bonds is 2. The molecule has 0 spiro atoms. The van der Waals surface area contributed by atoms with Crippen molar-refractivity contribution in [2.75, 3.05) is 13.7 Å². The highest BCUT2D eigenvalue weighted by Gasteiger charge is 2.35. The van der Waals surface area contributed by atoms with E-state index in [0.29, 0.717) is 0 Å². The fourth-order valence-electron chi connectivity index (χ4n) is 1.10. The highest BCUT2D eigenvalue weighted by atomic mass is 16.7. The number of ketones is 1. The van der Waals surface area contributed by atoms with Gasteiger partial charge in [-0.25, -0.2) is 0 Å². The molecule has 0 radical (unpaired) electrons. The number of aliphatic hydroxyl groups excluding tert-OH is 2. The Morgan fingerprint density at radius 3 is 2.92 bits per heavy atom. The Morgan fingerprint density at radius 2 is 2.42 bits per heavy atom. The van der Waals surface area contributed by atoms with Crippen LogP contribution in [0.25, 0.3) is 0 Å². The molecule has 0 aliphatic carbocycles. The summed E-state index contributed by atoms with van der Waals surface area (Å²) in [6.07, 6.45) is -2.50. The molecule has 1 rings (SSSR count). The molecule has 0 aromatic carbocycles. The average molecular weight is 176 g/mol. The van der Waals surface area contributed by atoms with Gasteiger partial charge in [0.2, 0.25) is 0 Å². The molecular formula is C7H12O5. The van der Waals surface area contributed by atoms with Crippen molar-refractivity contribution in [1.82, 2.24) is 0 Å². The van der Waals surface area contributed by atoms with Crippen LogP contribution in [0.5, 0.6) is 0 Å². The maximum atomic E-state index is 11.0. The third-order valence-electron chi connectivity index (χ3n) is 1.81. The molecule has 0 aromatic rings. The first-order valence-electron chi connectivity index (χ1n) is 3.70. The van der Waals surface area contributed by atoms with Gasteiger partial charge in [-0.05, 0) is 0 Å². The summed E-state index contributed by atoms with van der Waals surface area (Å²) in [7, 11) is 1.42. The van der Waals surface area contributed by atoms with E-state index in [-0.39, 0.29) is 6.42 Å². The fourth-order valence-corrected chi connectivity index (χ4v) is 1.10. The zero-order chi connectivity index (χ0) is 9.14. The summed E-state index contributed by atoms with van der Waals surface area (Å²) in [6, 6.07) is 0. The van der Waals surface area contributed by atoms with Crippen LogP contribution in [-0.2, 0) is 14.3 Å². The summed E-state index contributed by atoms with van der Waals surface area (Å²) in [5.41, 5.74) is 0. The zero-order valence-corrected chi connectivity index (χ0v) is 6.77. The molecule has 1 aliphatic rings. The molecular weight excluding hydrogens is 164 g/mol. The van der Waals surface area contributed by atoms with Crippen molar-refractivity contribution in [3.63, 3.8) is 0 Å². The van der Waals surface area contributed by atoms with E-state index in [1.807, 2.05) is 0 Å². The Balaban J connectivity index is 2.58. The van der Waals surface area contributed by atoms with Gasteiger partial charge in [0.05, 0.1) is 6.61 Å². The zero-order valence-electron chi connectivity index (χ0n) is 6.77. The molecule has 12 heavy (non-hydrogen) atoms. The number of ether oxygens (including phenoxy) is 2. The van der Waals surface area contributed by atoms with Crippen LogP contribution in [0, 0.1) is 0 Å². The third kappa shape index (κ3) is 1.81. The minimum Gasteiger partial charge on any atom is -0.393 e. The molecule has 0 saturated carbocycles. The number of Topliss-reactive ketones (excluding diaryl/α,β-unsaturated/α-hetero) is 1. The lowest BCUT2D eigenvalue weighted by molar-refractivity contribution is -0.207. The SMILES string of the molecule is CO[C@@H]1CC(O)C(=O)C(CO)O1. The molecule has 0 bridgehead atoms. The molecule has 2 N–H and O–H groups in total. The van der Waals surface area contributed by atoms with Crippen LogP contribution in [0.2, 0.25) is 0 Å².